The molecule has 1 amide bonds. The Hall–Kier alpha value is -1.75. The second-order valence-electron chi connectivity index (χ2n) is 4.51. The van der Waals surface area contributed by atoms with E-state index in [9.17, 15) is 4.79 Å². The number of hydrogen-bond donors (Lipinski definition) is 2. The number of carbonyl (C=O) groups is 1. The lowest BCUT2D eigenvalue weighted by Crippen LogP contribution is -2.25. The normalized spacial score (nSPS) is 21.7. The van der Waals surface area contributed by atoms with E-state index in [4.69, 9.17) is 9.47 Å². The van der Waals surface area contributed by atoms with Crippen LogP contribution in [0.15, 0.2) is 18.2 Å². The molecule has 5 heteroatoms. The van der Waals surface area contributed by atoms with Crippen molar-refractivity contribution < 1.29 is 14.3 Å². The Morgan fingerprint density at radius 2 is 2.22 bits per heavy atom. The molecule has 1 saturated heterocycles. The number of anilines is 1. The summed E-state index contributed by atoms with van der Waals surface area (Å²) in [5.41, 5.74) is 0.698. The standard InChI is InChI=1S/C13H16N2O3/c16-13(9-4-5-14-8-9)15-10-2-1-3-11-12(10)18-7-6-17-11/h1-3,9,14H,4-8H2,(H,15,16). The van der Waals surface area contributed by atoms with Gasteiger partial charge in [0.15, 0.2) is 11.5 Å². The Kier molecular flexibility index (Phi) is 3.06. The fourth-order valence-electron chi connectivity index (χ4n) is 2.29. The second kappa shape index (κ2) is 4.86. The van der Waals surface area contributed by atoms with E-state index in [0.717, 1.165) is 19.5 Å². The predicted octanol–water partition coefficient (Wildman–Crippen LogP) is 1.01. The van der Waals surface area contributed by atoms with Crippen LogP contribution in [-0.4, -0.2) is 32.2 Å². The lowest BCUT2D eigenvalue weighted by molar-refractivity contribution is -0.119. The minimum absolute atomic E-state index is 0.0440. The Balaban J connectivity index is 1.77. The van der Waals surface area contributed by atoms with E-state index < -0.39 is 0 Å². The molecule has 2 aliphatic heterocycles. The highest BCUT2D eigenvalue weighted by atomic mass is 16.6. The molecule has 0 spiro atoms. The van der Waals surface area contributed by atoms with Crippen LogP contribution in [0.5, 0.6) is 11.5 Å². The van der Waals surface area contributed by atoms with Crippen LogP contribution in [0.25, 0.3) is 0 Å². The highest BCUT2D eigenvalue weighted by Gasteiger charge is 2.24. The van der Waals surface area contributed by atoms with Gasteiger partial charge in [-0.15, -0.1) is 0 Å². The van der Waals surface area contributed by atoms with Crippen LogP contribution < -0.4 is 20.1 Å². The first kappa shape index (κ1) is 11.3. The molecule has 2 N–H and O–H groups in total. The summed E-state index contributed by atoms with van der Waals surface area (Å²) in [6, 6.07) is 5.55. The lowest BCUT2D eigenvalue weighted by Gasteiger charge is -2.21. The Morgan fingerprint density at radius 1 is 1.33 bits per heavy atom. The van der Waals surface area contributed by atoms with E-state index >= 15 is 0 Å². The van der Waals surface area contributed by atoms with Gasteiger partial charge in [0.1, 0.15) is 13.2 Å². The average Bonchev–Trinajstić information content (AvgIpc) is 2.93. The molecule has 1 fully saturated rings. The number of para-hydroxylation sites is 1. The van der Waals surface area contributed by atoms with Crippen LogP contribution >= 0.6 is 0 Å². The second-order valence-corrected chi connectivity index (χ2v) is 4.51. The maximum atomic E-state index is 12.1. The quantitative estimate of drug-likeness (QED) is 0.820. The van der Waals surface area contributed by atoms with Crippen molar-refractivity contribution in [2.75, 3.05) is 31.6 Å². The molecule has 3 rings (SSSR count). The third-order valence-electron chi connectivity index (χ3n) is 3.26. The third kappa shape index (κ3) is 2.13. The van der Waals surface area contributed by atoms with Crippen LogP contribution in [-0.2, 0) is 4.79 Å². The molecular formula is C13H16N2O3. The summed E-state index contributed by atoms with van der Waals surface area (Å²) in [7, 11) is 0. The SMILES string of the molecule is O=C(Nc1cccc2c1OCCO2)C1CCNC1. The van der Waals surface area contributed by atoms with Gasteiger partial charge < -0.3 is 20.1 Å². The third-order valence-corrected chi connectivity index (χ3v) is 3.26. The molecule has 2 heterocycles. The van der Waals surface area contributed by atoms with Gasteiger partial charge in [-0.05, 0) is 25.1 Å². The van der Waals surface area contributed by atoms with E-state index in [-0.39, 0.29) is 11.8 Å². The highest BCUT2D eigenvalue weighted by molar-refractivity contribution is 5.94. The number of amides is 1. The molecule has 5 nitrogen and oxygen atoms in total. The van der Waals surface area contributed by atoms with Crippen molar-refractivity contribution in [1.29, 1.82) is 0 Å². The summed E-state index contributed by atoms with van der Waals surface area (Å²) in [4.78, 5) is 12.1. The molecular weight excluding hydrogens is 232 g/mol. The van der Waals surface area contributed by atoms with E-state index in [1.165, 1.54) is 0 Å². The number of fused-ring (bicyclic) bond motifs is 1. The molecule has 0 radical (unpaired) electrons. The number of nitrogens with one attached hydrogen (secondary N) is 2. The minimum atomic E-state index is 0.0440. The predicted molar refractivity (Wildman–Crippen MR) is 67.0 cm³/mol. The van der Waals surface area contributed by atoms with Crippen LogP contribution in [0.3, 0.4) is 0 Å². The largest absolute Gasteiger partial charge is 0.486 e. The van der Waals surface area contributed by atoms with Crippen molar-refractivity contribution in [1.82, 2.24) is 5.32 Å². The molecule has 1 unspecified atom stereocenters. The number of hydrogen-bond acceptors (Lipinski definition) is 4. The van der Waals surface area contributed by atoms with Gasteiger partial charge in [0, 0.05) is 6.54 Å². The van der Waals surface area contributed by atoms with Crippen molar-refractivity contribution in [3.63, 3.8) is 0 Å². The average molecular weight is 248 g/mol. The van der Waals surface area contributed by atoms with Crippen molar-refractivity contribution in [2.24, 2.45) is 5.92 Å². The van der Waals surface area contributed by atoms with Crippen molar-refractivity contribution >= 4 is 11.6 Å². The molecule has 0 saturated carbocycles. The maximum Gasteiger partial charge on any atom is 0.228 e. The molecule has 0 aliphatic carbocycles. The Bertz CT molecular complexity index is 456. The molecule has 1 aromatic carbocycles. The van der Waals surface area contributed by atoms with Crippen LogP contribution in [0.4, 0.5) is 5.69 Å². The summed E-state index contributed by atoms with van der Waals surface area (Å²) in [5.74, 6) is 1.43. The van der Waals surface area contributed by atoms with Gasteiger partial charge in [0.25, 0.3) is 0 Å². The number of carbonyl (C=O) groups excluding carboxylic acids is 1. The summed E-state index contributed by atoms with van der Waals surface area (Å²) in [6.45, 7) is 2.73. The van der Waals surface area contributed by atoms with Gasteiger partial charge in [0.05, 0.1) is 11.6 Å². The summed E-state index contributed by atoms with van der Waals surface area (Å²) in [6.07, 6.45) is 0.887. The Morgan fingerprint density at radius 3 is 3.06 bits per heavy atom. The monoisotopic (exact) mass is 248 g/mol. The van der Waals surface area contributed by atoms with Crippen LogP contribution in [0.1, 0.15) is 6.42 Å². The molecule has 1 aromatic rings. The fourth-order valence-corrected chi connectivity index (χ4v) is 2.29. The fraction of sp³-hybridized carbons (Fsp3) is 0.462. The van der Waals surface area contributed by atoms with Gasteiger partial charge in [-0.25, -0.2) is 0 Å². The van der Waals surface area contributed by atoms with Crippen LogP contribution in [0.2, 0.25) is 0 Å². The van der Waals surface area contributed by atoms with Crippen molar-refractivity contribution in [3.05, 3.63) is 18.2 Å². The van der Waals surface area contributed by atoms with Crippen molar-refractivity contribution in [2.45, 2.75) is 6.42 Å². The molecule has 2 aliphatic rings. The molecule has 1 atom stereocenters. The first-order chi connectivity index (χ1) is 8.84. The Labute approximate surface area is 105 Å². The summed E-state index contributed by atoms with van der Waals surface area (Å²) >= 11 is 0. The smallest absolute Gasteiger partial charge is 0.228 e. The van der Waals surface area contributed by atoms with Gasteiger partial charge in [-0.1, -0.05) is 6.07 Å². The number of ether oxygens (including phenoxy) is 2. The van der Waals surface area contributed by atoms with Crippen molar-refractivity contribution in [3.8, 4) is 11.5 Å². The van der Waals surface area contributed by atoms with Gasteiger partial charge in [-0.2, -0.15) is 0 Å². The van der Waals surface area contributed by atoms with E-state index in [1.807, 2.05) is 18.2 Å². The lowest BCUT2D eigenvalue weighted by atomic mass is 10.1. The zero-order valence-electron chi connectivity index (χ0n) is 10.1. The number of rotatable bonds is 2. The molecule has 96 valence electrons. The zero-order valence-corrected chi connectivity index (χ0v) is 10.1. The van der Waals surface area contributed by atoms with Crippen LogP contribution in [0, 0.1) is 5.92 Å². The van der Waals surface area contributed by atoms with Gasteiger partial charge in [0.2, 0.25) is 5.91 Å². The minimum Gasteiger partial charge on any atom is -0.486 e. The topological polar surface area (TPSA) is 59.6 Å². The first-order valence-corrected chi connectivity index (χ1v) is 6.25. The highest BCUT2D eigenvalue weighted by Crippen LogP contribution is 2.37. The zero-order chi connectivity index (χ0) is 12.4. The van der Waals surface area contributed by atoms with E-state index in [0.29, 0.717) is 30.4 Å². The van der Waals surface area contributed by atoms with Gasteiger partial charge in [-0.3, -0.25) is 4.79 Å². The molecule has 18 heavy (non-hydrogen) atoms. The maximum absolute atomic E-state index is 12.1. The molecule has 0 aromatic heterocycles. The molecule has 0 bridgehead atoms. The van der Waals surface area contributed by atoms with E-state index in [1.54, 1.807) is 0 Å². The summed E-state index contributed by atoms with van der Waals surface area (Å²) in [5, 5.41) is 6.11. The number of benzene rings is 1. The first-order valence-electron chi connectivity index (χ1n) is 6.25. The van der Waals surface area contributed by atoms with Gasteiger partial charge >= 0.3 is 0 Å². The van der Waals surface area contributed by atoms with E-state index in [2.05, 4.69) is 10.6 Å². The summed E-state index contributed by atoms with van der Waals surface area (Å²) < 4.78 is 11.0.